The van der Waals surface area contributed by atoms with Gasteiger partial charge in [0.2, 0.25) is 0 Å². The van der Waals surface area contributed by atoms with Crippen molar-refractivity contribution in [2.45, 2.75) is 13.5 Å². The van der Waals surface area contributed by atoms with Crippen LogP contribution in [0.1, 0.15) is 12.5 Å². The maximum Gasteiger partial charge on any atom is 0.261 e. The molecule has 0 saturated carbocycles. The highest BCUT2D eigenvalue weighted by Crippen LogP contribution is 2.09. The highest BCUT2D eigenvalue weighted by molar-refractivity contribution is 5.77. The molecule has 0 aliphatic carbocycles. The lowest BCUT2D eigenvalue weighted by Gasteiger charge is -2.11. The fourth-order valence-corrected chi connectivity index (χ4v) is 1.56. The molecule has 8 nitrogen and oxygen atoms in total. The van der Waals surface area contributed by atoms with Crippen LogP contribution in [0.3, 0.4) is 0 Å². The van der Waals surface area contributed by atoms with E-state index in [1.807, 2.05) is 43.3 Å². The molecule has 2 aromatic rings. The minimum atomic E-state index is -0.308. The molecule has 8 heteroatoms. The second-order valence-corrected chi connectivity index (χ2v) is 3.92. The third kappa shape index (κ3) is 3.55. The van der Waals surface area contributed by atoms with Crippen molar-refractivity contribution in [1.29, 1.82) is 0 Å². The van der Waals surface area contributed by atoms with Crippen molar-refractivity contribution in [2.75, 3.05) is 5.73 Å². The van der Waals surface area contributed by atoms with Gasteiger partial charge in [0.25, 0.3) is 11.9 Å². The summed E-state index contributed by atoms with van der Waals surface area (Å²) in [6.07, 6.45) is 1.86. The fraction of sp³-hybridized carbons (Fsp3) is 0.167. The summed E-state index contributed by atoms with van der Waals surface area (Å²) < 4.78 is 0. The van der Waals surface area contributed by atoms with E-state index in [9.17, 15) is 4.79 Å². The molecule has 104 valence electrons. The highest BCUT2D eigenvalue weighted by Gasteiger charge is 2.06. The summed E-state index contributed by atoms with van der Waals surface area (Å²) in [7, 11) is 0. The topological polar surface area (TPSA) is 111 Å². The molecule has 1 heterocycles. The molecule has 0 radical (unpaired) electrons. The quantitative estimate of drug-likeness (QED) is 0.658. The number of rotatable bonds is 5. The lowest BCUT2D eigenvalue weighted by Crippen LogP contribution is -2.38. The van der Waals surface area contributed by atoms with Crippen molar-refractivity contribution >= 4 is 17.6 Å². The number of carbonyl (C=O) groups excluding carboxylic acids is 1. The van der Waals surface area contributed by atoms with E-state index in [1.165, 1.54) is 0 Å². The van der Waals surface area contributed by atoms with E-state index in [2.05, 4.69) is 26.3 Å². The number of hydrogen-bond donors (Lipinski definition) is 3. The Kier molecular flexibility index (Phi) is 4.28. The molecule has 0 bridgehead atoms. The summed E-state index contributed by atoms with van der Waals surface area (Å²) in [5.41, 5.74) is 12.5. The summed E-state index contributed by atoms with van der Waals surface area (Å²) in [5.74, 6) is -0.276. The third-order valence-electron chi connectivity index (χ3n) is 2.46. The van der Waals surface area contributed by atoms with Crippen molar-refractivity contribution in [1.82, 2.24) is 31.1 Å². The number of tetrazole rings is 1. The Balaban J connectivity index is 1.89. The minimum absolute atomic E-state index is 0.0317. The first-order valence-electron chi connectivity index (χ1n) is 5.99. The number of nitrogens with zero attached hydrogens (tertiary/aromatic N) is 4. The predicted molar refractivity (Wildman–Crippen MR) is 73.6 cm³/mol. The van der Waals surface area contributed by atoms with Gasteiger partial charge in [-0.25, -0.2) is 0 Å². The van der Waals surface area contributed by atoms with Crippen LogP contribution in [-0.2, 0) is 11.3 Å². The van der Waals surface area contributed by atoms with E-state index in [4.69, 9.17) is 5.73 Å². The highest BCUT2D eigenvalue weighted by atomic mass is 16.2. The standard InChI is InChI=1S/C12H15N7O/c1-2-10(9-6-4-3-5-7-9)14-15-11(20)8-19-17-12(13)16-18-19/h2-7,14H,8H2,1H3,(H2,13,17)(H,15,20)/b10-2-. The normalized spacial score (nSPS) is 11.2. The van der Waals surface area contributed by atoms with Gasteiger partial charge in [0.15, 0.2) is 0 Å². The third-order valence-corrected chi connectivity index (χ3v) is 2.46. The number of carbonyl (C=O) groups is 1. The smallest absolute Gasteiger partial charge is 0.261 e. The second kappa shape index (κ2) is 6.32. The number of benzene rings is 1. The maximum absolute atomic E-state index is 11.7. The Bertz CT molecular complexity index is 605. The molecule has 0 saturated heterocycles. The molecular weight excluding hydrogens is 258 g/mol. The summed E-state index contributed by atoms with van der Waals surface area (Å²) >= 11 is 0. The number of hydrogen-bond acceptors (Lipinski definition) is 6. The van der Waals surface area contributed by atoms with Crippen molar-refractivity contribution in [3.8, 4) is 0 Å². The van der Waals surface area contributed by atoms with Crippen LogP contribution in [0.4, 0.5) is 5.95 Å². The Morgan fingerprint density at radius 1 is 1.35 bits per heavy atom. The van der Waals surface area contributed by atoms with Crippen molar-refractivity contribution < 1.29 is 4.79 Å². The summed E-state index contributed by atoms with van der Waals surface area (Å²) in [5, 5.41) is 10.8. The van der Waals surface area contributed by atoms with Gasteiger partial charge in [-0.1, -0.05) is 41.5 Å². The van der Waals surface area contributed by atoms with Crippen LogP contribution >= 0.6 is 0 Å². The maximum atomic E-state index is 11.7. The summed E-state index contributed by atoms with van der Waals surface area (Å²) in [6, 6.07) is 9.65. The van der Waals surface area contributed by atoms with Gasteiger partial charge in [0, 0.05) is 0 Å². The van der Waals surface area contributed by atoms with Crippen molar-refractivity contribution in [3.63, 3.8) is 0 Å². The van der Waals surface area contributed by atoms with Crippen LogP contribution in [0, 0.1) is 0 Å². The molecule has 1 aromatic carbocycles. The van der Waals surface area contributed by atoms with Crippen molar-refractivity contribution in [2.24, 2.45) is 0 Å². The molecule has 1 amide bonds. The van der Waals surface area contributed by atoms with Gasteiger partial charge in [-0.3, -0.25) is 15.6 Å². The van der Waals surface area contributed by atoms with Gasteiger partial charge < -0.3 is 5.73 Å². The molecule has 0 spiro atoms. The predicted octanol–water partition coefficient (Wildman–Crippen LogP) is -0.0629. The van der Waals surface area contributed by atoms with Gasteiger partial charge in [-0.05, 0) is 17.7 Å². The second-order valence-electron chi connectivity index (χ2n) is 3.92. The average molecular weight is 273 g/mol. The Morgan fingerprint density at radius 2 is 2.10 bits per heavy atom. The van der Waals surface area contributed by atoms with Gasteiger partial charge in [-0.2, -0.15) is 4.80 Å². The molecule has 1 aromatic heterocycles. The van der Waals surface area contributed by atoms with E-state index < -0.39 is 0 Å². The fourth-order valence-electron chi connectivity index (χ4n) is 1.56. The molecule has 0 aliphatic rings. The van der Waals surface area contributed by atoms with E-state index in [1.54, 1.807) is 0 Å². The number of aromatic nitrogens is 4. The van der Waals surface area contributed by atoms with Crippen LogP contribution in [0.2, 0.25) is 0 Å². The SMILES string of the molecule is C/C=C(\NNC(=O)Cn1nnc(N)n1)c1ccccc1. The number of allylic oxidation sites excluding steroid dienone is 1. The number of hydrazine groups is 1. The van der Waals surface area contributed by atoms with Crippen LogP contribution in [0.5, 0.6) is 0 Å². The zero-order chi connectivity index (χ0) is 14.4. The molecule has 0 aliphatic heterocycles. The van der Waals surface area contributed by atoms with Crippen LogP contribution in [0.15, 0.2) is 36.4 Å². The first-order chi connectivity index (χ1) is 9.69. The number of nitrogens with two attached hydrogens (primary N) is 1. The first kappa shape index (κ1) is 13.5. The van der Waals surface area contributed by atoms with E-state index >= 15 is 0 Å². The number of nitrogen functional groups attached to an aromatic ring is 1. The Hall–Kier alpha value is -2.90. The molecule has 0 unspecified atom stereocenters. The largest absolute Gasteiger partial charge is 0.365 e. The zero-order valence-corrected chi connectivity index (χ0v) is 10.9. The van der Waals surface area contributed by atoms with Crippen LogP contribution in [-0.4, -0.2) is 26.1 Å². The molecule has 2 rings (SSSR count). The van der Waals surface area contributed by atoms with Crippen LogP contribution in [0.25, 0.3) is 5.70 Å². The zero-order valence-electron chi connectivity index (χ0n) is 10.9. The lowest BCUT2D eigenvalue weighted by atomic mass is 10.1. The number of anilines is 1. The van der Waals surface area contributed by atoms with Gasteiger partial charge >= 0.3 is 0 Å². The molecule has 0 atom stereocenters. The van der Waals surface area contributed by atoms with Crippen molar-refractivity contribution in [3.05, 3.63) is 42.0 Å². The van der Waals surface area contributed by atoms with E-state index in [0.29, 0.717) is 0 Å². The summed E-state index contributed by atoms with van der Waals surface area (Å²) in [6.45, 7) is 1.81. The average Bonchev–Trinajstić information content (AvgIpc) is 2.86. The van der Waals surface area contributed by atoms with E-state index in [-0.39, 0.29) is 18.4 Å². The van der Waals surface area contributed by atoms with E-state index in [0.717, 1.165) is 16.1 Å². The number of amides is 1. The van der Waals surface area contributed by atoms with Gasteiger partial charge in [0.05, 0.1) is 5.70 Å². The first-order valence-corrected chi connectivity index (χ1v) is 5.99. The molecule has 4 N–H and O–H groups in total. The lowest BCUT2D eigenvalue weighted by molar-refractivity contribution is -0.122. The molecular formula is C12H15N7O. The monoisotopic (exact) mass is 273 g/mol. The van der Waals surface area contributed by atoms with Gasteiger partial charge in [0.1, 0.15) is 6.54 Å². The Labute approximate surface area is 115 Å². The molecule has 0 fully saturated rings. The minimum Gasteiger partial charge on any atom is -0.365 e. The van der Waals surface area contributed by atoms with Gasteiger partial charge in [-0.15, -0.1) is 5.10 Å². The molecule has 20 heavy (non-hydrogen) atoms. The Morgan fingerprint density at radius 3 is 2.70 bits per heavy atom. The summed E-state index contributed by atoms with van der Waals surface area (Å²) in [4.78, 5) is 12.8. The van der Waals surface area contributed by atoms with Crippen LogP contribution < -0.4 is 16.6 Å². The number of nitrogens with one attached hydrogen (secondary N) is 2.